The van der Waals surface area contributed by atoms with Gasteiger partial charge in [0, 0.05) is 5.56 Å². The molecule has 0 heterocycles. The number of aromatic hydroxyl groups is 2. The summed E-state index contributed by atoms with van der Waals surface area (Å²) in [5, 5.41) is 19.5. The van der Waals surface area contributed by atoms with E-state index in [2.05, 4.69) is 52.5 Å². The van der Waals surface area contributed by atoms with Crippen LogP contribution < -0.4 is 0 Å². The molecule has 0 saturated carbocycles. The van der Waals surface area contributed by atoms with Crippen LogP contribution in [0.5, 0.6) is 11.5 Å². The summed E-state index contributed by atoms with van der Waals surface area (Å²) in [6.07, 6.45) is -0.137. The molecular weight excluding hydrogens is 412 g/mol. The lowest BCUT2D eigenvalue weighted by Gasteiger charge is -2.12. The highest BCUT2D eigenvalue weighted by molar-refractivity contribution is 9.13. The molecule has 7 heteroatoms. The Morgan fingerprint density at radius 1 is 1.12 bits per heavy atom. The number of rotatable bonds is 2. The second kappa shape index (κ2) is 5.37. The number of phenolic OH excluding ortho intramolecular Hbond substituents is 2. The number of carbonyl (C=O) groups is 1. The Kier molecular flexibility index (Phi) is 4.63. The van der Waals surface area contributed by atoms with E-state index in [0.717, 1.165) is 0 Å². The quantitative estimate of drug-likeness (QED) is 0.440. The van der Waals surface area contributed by atoms with Crippen molar-refractivity contribution in [3.05, 3.63) is 19.0 Å². The van der Waals surface area contributed by atoms with Crippen molar-refractivity contribution >= 4 is 53.8 Å². The first-order chi connectivity index (χ1) is 7.40. The SMILES string of the molecule is COC(=O)Cc1c(O)c(Br)c(Br)c(O)c1Br. The fourth-order valence-corrected chi connectivity index (χ4v) is 2.67. The van der Waals surface area contributed by atoms with Crippen LogP contribution in [0, 0.1) is 0 Å². The first-order valence-electron chi connectivity index (χ1n) is 4.04. The van der Waals surface area contributed by atoms with Crippen molar-refractivity contribution in [2.75, 3.05) is 7.11 Å². The van der Waals surface area contributed by atoms with Crippen LogP contribution in [0.15, 0.2) is 13.4 Å². The van der Waals surface area contributed by atoms with E-state index in [-0.39, 0.29) is 32.4 Å². The Labute approximate surface area is 117 Å². The Morgan fingerprint density at radius 3 is 2.12 bits per heavy atom. The van der Waals surface area contributed by atoms with Crippen molar-refractivity contribution in [1.82, 2.24) is 0 Å². The standard InChI is InChI=1S/C9H7Br3O4/c1-16-4(13)2-3-5(10)9(15)7(12)6(11)8(3)14/h14-15H,2H2,1H3. The number of halogens is 3. The molecule has 1 aromatic rings. The molecule has 0 aliphatic heterocycles. The molecule has 0 spiro atoms. The van der Waals surface area contributed by atoms with E-state index in [4.69, 9.17) is 0 Å². The van der Waals surface area contributed by atoms with Gasteiger partial charge in [-0.15, -0.1) is 0 Å². The predicted molar refractivity (Wildman–Crippen MR) is 68.6 cm³/mol. The Balaban J connectivity index is 3.34. The minimum absolute atomic E-state index is 0.0939. The van der Waals surface area contributed by atoms with Gasteiger partial charge in [0.05, 0.1) is 26.9 Å². The number of phenols is 2. The molecule has 0 aromatic heterocycles. The molecule has 0 atom stereocenters. The maximum atomic E-state index is 11.1. The van der Waals surface area contributed by atoms with E-state index in [0.29, 0.717) is 4.47 Å². The highest BCUT2D eigenvalue weighted by atomic mass is 79.9. The van der Waals surface area contributed by atoms with Crippen molar-refractivity contribution in [1.29, 1.82) is 0 Å². The summed E-state index contributed by atoms with van der Waals surface area (Å²) in [6, 6.07) is 0. The number of ether oxygens (including phenoxy) is 1. The number of esters is 1. The smallest absolute Gasteiger partial charge is 0.310 e. The van der Waals surface area contributed by atoms with Crippen LogP contribution in [0.1, 0.15) is 5.56 Å². The molecule has 4 nitrogen and oxygen atoms in total. The lowest BCUT2D eigenvalue weighted by molar-refractivity contribution is -0.139. The van der Waals surface area contributed by atoms with Crippen LogP contribution in [0.3, 0.4) is 0 Å². The maximum Gasteiger partial charge on any atom is 0.310 e. The first kappa shape index (κ1) is 13.8. The molecule has 0 bridgehead atoms. The second-order valence-corrected chi connectivity index (χ2v) is 5.25. The van der Waals surface area contributed by atoms with E-state index in [1.54, 1.807) is 0 Å². The molecule has 1 aromatic carbocycles. The molecule has 0 amide bonds. The van der Waals surface area contributed by atoms with Crippen molar-refractivity contribution < 1.29 is 19.7 Å². The van der Waals surface area contributed by atoms with Gasteiger partial charge in [-0.05, 0) is 47.8 Å². The van der Waals surface area contributed by atoms with Crippen LogP contribution in [0.25, 0.3) is 0 Å². The van der Waals surface area contributed by atoms with Gasteiger partial charge in [0.25, 0.3) is 0 Å². The van der Waals surface area contributed by atoms with Gasteiger partial charge in [0.15, 0.2) is 0 Å². The zero-order valence-electron chi connectivity index (χ0n) is 8.05. The number of hydrogen-bond acceptors (Lipinski definition) is 4. The summed E-state index contributed by atoms with van der Waals surface area (Å²) in [4.78, 5) is 11.1. The highest BCUT2D eigenvalue weighted by Crippen LogP contribution is 2.46. The number of hydrogen-bond donors (Lipinski definition) is 2. The molecule has 1 rings (SSSR count). The third-order valence-corrected chi connectivity index (χ3v) is 4.85. The molecule has 0 saturated heterocycles. The normalized spacial score (nSPS) is 10.2. The van der Waals surface area contributed by atoms with Gasteiger partial charge >= 0.3 is 5.97 Å². The Morgan fingerprint density at radius 2 is 1.62 bits per heavy atom. The van der Waals surface area contributed by atoms with Gasteiger partial charge in [-0.1, -0.05) is 0 Å². The van der Waals surface area contributed by atoms with E-state index in [1.807, 2.05) is 0 Å². The minimum atomic E-state index is -0.510. The van der Waals surface area contributed by atoms with Crippen molar-refractivity contribution in [3.8, 4) is 11.5 Å². The summed E-state index contributed by atoms with van der Waals surface area (Å²) in [5.41, 5.74) is 0.263. The highest BCUT2D eigenvalue weighted by Gasteiger charge is 2.21. The van der Waals surface area contributed by atoms with E-state index in [9.17, 15) is 15.0 Å². The summed E-state index contributed by atoms with van der Waals surface area (Å²) in [5.74, 6) is -0.727. The van der Waals surface area contributed by atoms with Crippen molar-refractivity contribution in [2.24, 2.45) is 0 Å². The fraction of sp³-hybridized carbons (Fsp3) is 0.222. The first-order valence-corrected chi connectivity index (χ1v) is 6.42. The van der Waals surface area contributed by atoms with Crippen LogP contribution in [0.2, 0.25) is 0 Å². The average Bonchev–Trinajstić information content (AvgIpc) is 2.29. The molecule has 88 valence electrons. The molecule has 0 fully saturated rings. The largest absolute Gasteiger partial charge is 0.506 e. The molecule has 0 aliphatic carbocycles. The van der Waals surface area contributed by atoms with Gasteiger partial charge in [0.2, 0.25) is 0 Å². The van der Waals surface area contributed by atoms with E-state index >= 15 is 0 Å². The number of benzene rings is 1. The van der Waals surface area contributed by atoms with E-state index < -0.39 is 5.97 Å². The number of methoxy groups -OCH3 is 1. The molecule has 0 radical (unpaired) electrons. The van der Waals surface area contributed by atoms with Gasteiger partial charge in [-0.25, -0.2) is 0 Å². The summed E-state index contributed by atoms with van der Waals surface area (Å²) in [6.45, 7) is 0. The summed E-state index contributed by atoms with van der Waals surface area (Å²) < 4.78 is 5.34. The Hall–Kier alpha value is -0.270. The van der Waals surface area contributed by atoms with Gasteiger partial charge in [0.1, 0.15) is 11.5 Å². The molecule has 0 aliphatic rings. The number of carbonyl (C=O) groups excluding carboxylic acids is 1. The third-order valence-electron chi connectivity index (χ3n) is 1.92. The van der Waals surface area contributed by atoms with Gasteiger partial charge in [-0.3, -0.25) is 4.79 Å². The average molecular weight is 419 g/mol. The second-order valence-electron chi connectivity index (χ2n) is 2.87. The van der Waals surface area contributed by atoms with Crippen molar-refractivity contribution in [2.45, 2.75) is 6.42 Å². The minimum Gasteiger partial charge on any atom is -0.506 e. The summed E-state index contributed by atoms with van der Waals surface area (Å²) >= 11 is 9.30. The lowest BCUT2D eigenvalue weighted by Crippen LogP contribution is -2.05. The van der Waals surface area contributed by atoms with Crippen LogP contribution in [-0.4, -0.2) is 23.3 Å². The molecular formula is C9H7Br3O4. The fourth-order valence-electron chi connectivity index (χ4n) is 1.06. The van der Waals surface area contributed by atoms with Crippen molar-refractivity contribution in [3.63, 3.8) is 0 Å². The van der Waals surface area contributed by atoms with Crippen LogP contribution in [0.4, 0.5) is 0 Å². The monoisotopic (exact) mass is 416 g/mol. The van der Waals surface area contributed by atoms with Gasteiger partial charge < -0.3 is 14.9 Å². The predicted octanol–water partition coefficient (Wildman–Crippen LogP) is 3.10. The molecule has 2 N–H and O–H groups in total. The third kappa shape index (κ3) is 2.52. The summed E-state index contributed by atoms with van der Waals surface area (Å²) in [7, 11) is 1.25. The topological polar surface area (TPSA) is 66.8 Å². The molecule has 16 heavy (non-hydrogen) atoms. The molecule has 0 unspecified atom stereocenters. The zero-order valence-corrected chi connectivity index (χ0v) is 12.8. The maximum absolute atomic E-state index is 11.1. The van der Waals surface area contributed by atoms with Gasteiger partial charge in [-0.2, -0.15) is 0 Å². The van der Waals surface area contributed by atoms with Crippen LogP contribution in [-0.2, 0) is 16.0 Å². The van der Waals surface area contributed by atoms with E-state index in [1.165, 1.54) is 7.11 Å². The lowest BCUT2D eigenvalue weighted by atomic mass is 10.1. The van der Waals surface area contributed by atoms with Crippen LogP contribution >= 0.6 is 47.8 Å². The Bertz CT molecular complexity index is 416. The zero-order chi connectivity index (χ0) is 12.5.